The minimum Gasteiger partial charge on any atom is -0.324 e. The highest BCUT2D eigenvalue weighted by Gasteiger charge is 1.98. The number of nitrogens with zero attached hydrogens (tertiary/aromatic N) is 1. The van der Waals surface area contributed by atoms with Gasteiger partial charge in [0.15, 0.2) is 0 Å². The molecule has 0 aliphatic rings. The number of hydrogen-bond donors (Lipinski definition) is 0. The molecule has 0 radical (unpaired) electrons. The molecule has 112 valence electrons. The summed E-state index contributed by atoms with van der Waals surface area (Å²) >= 11 is 0. The molecule has 0 spiro atoms. The molecule has 0 fully saturated rings. The van der Waals surface area contributed by atoms with Crippen LogP contribution in [0, 0.1) is 0 Å². The van der Waals surface area contributed by atoms with E-state index in [0.717, 1.165) is 5.69 Å². The Morgan fingerprint density at radius 2 is 0.870 bits per heavy atom. The van der Waals surface area contributed by atoms with Crippen molar-refractivity contribution in [2.45, 2.75) is 0 Å². The Balaban J connectivity index is 1.85. The first-order chi connectivity index (χ1) is 11.4. The summed E-state index contributed by atoms with van der Waals surface area (Å²) in [7, 11) is 0. The third kappa shape index (κ3) is 4.45. The van der Waals surface area contributed by atoms with Gasteiger partial charge in [0.25, 0.3) is 0 Å². The second kappa shape index (κ2) is 7.81. The van der Waals surface area contributed by atoms with Gasteiger partial charge in [-0.2, -0.15) is 0 Å². The van der Waals surface area contributed by atoms with Crippen LogP contribution in [0.25, 0.3) is 12.2 Å². The Labute approximate surface area is 137 Å². The molecule has 1 nitrogen and oxygen atoms in total. The Morgan fingerprint density at radius 3 is 1.30 bits per heavy atom. The molecule has 0 aliphatic heterocycles. The van der Waals surface area contributed by atoms with E-state index in [-0.39, 0.29) is 0 Å². The molecule has 0 unspecified atom stereocenters. The van der Waals surface area contributed by atoms with E-state index in [1.807, 2.05) is 42.5 Å². The molecule has 0 N–H and O–H groups in total. The molecule has 3 aromatic rings. The van der Waals surface area contributed by atoms with Crippen LogP contribution in [0.4, 0.5) is 5.69 Å². The predicted molar refractivity (Wildman–Crippen MR) is 99.9 cm³/mol. The number of para-hydroxylation sites is 1. The molecule has 0 aliphatic carbocycles. The summed E-state index contributed by atoms with van der Waals surface area (Å²) in [5, 5.41) is 0. The molecule has 0 saturated heterocycles. The van der Waals surface area contributed by atoms with Crippen molar-refractivity contribution in [1.29, 1.82) is 0 Å². The first-order valence-electron chi connectivity index (χ1n) is 7.72. The maximum absolute atomic E-state index is 2.12. The van der Waals surface area contributed by atoms with Gasteiger partial charge in [0.2, 0.25) is 0 Å². The number of rotatable bonds is 5. The Hall–Kier alpha value is -3.06. The van der Waals surface area contributed by atoms with Gasteiger partial charge >= 0.3 is 0 Å². The largest absolute Gasteiger partial charge is 0.324 e. The summed E-state index contributed by atoms with van der Waals surface area (Å²) in [6.07, 6.45) is 8.40. The van der Waals surface area contributed by atoms with Crippen molar-refractivity contribution in [3.63, 3.8) is 0 Å². The summed E-state index contributed by atoms with van der Waals surface area (Å²) in [5.41, 5.74) is 3.50. The van der Waals surface area contributed by atoms with Crippen LogP contribution in [-0.2, 0) is 0 Å². The van der Waals surface area contributed by atoms with E-state index in [1.165, 1.54) is 11.1 Å². The predicted octanol–water partition coefficient (Wildman–Crippen LogP) is 5.83. The van der Waals surface area contributed by atoms with Gasteiger partial charge in [-0.1, -0.05) is 78.9 Å². The van der Waals surface area contributed by atoms with Crippen molar-refractivity contribution in [3.8, 4) is 0 Å². The summed E-state index contributed by atoms with van der Waals surface area (Å²) < 4.78 is 0. The lowest BCUT2D eigenvalue weighted by molar-refractivity contribution is 1.30. The average Bonchev–Trinajstić information content (AvgIpc) is 2.64. The van der Waals surface area contributed by atoms with Crippen LogP contribution >= 0.6 is 0 Å². The highest BCUT2D eigenvalue weighted by molar-refractivity contribution is 5.63. The van der Waals surface area contributed by atoms with E-state index >= 15 is 0 Å². The van der Waals surface area contributed by atoms with E-state index in [0.29, 0.717) is 0 Å². The van der Waals surface area contributed by atoms with E-state index in [2.05, 4.69) is 78.0 Å². The van der Waals surface area contributed by atoms with Gasteiger partial charge in [0.1, 0.15) is 0 Å². The Bertz CT molecular complexity index is 709. The second-order valence-electron chi connectivity index (χ2n) is 5.20. The zero-order valence-corrected chi connectivity index (χ0v) is 12.9. The molecule has 23 heavy (non-hydrogen) atoms. The molecule has 1 heteroatoms. The Kier molecular flexibility index (Phi) is 5.04. The molecule has 0 atom stereocenters. The number of hydrogen-bond acceptors (Lipinski definition) is 1. The van der Waals surface area contributed by atoms with Crippen molar-refractivity contribution in [2.24, 2.45) is 0 Å². The summed E-state index contributed by atoms with van der Waals surface area (Å²) in [4.78, 5) is 2.12. The molecular weight excluding hydrogens is 278 g/mol. The van der Waals surface area contributed by atoms with Gasteiger partial charge in [0.05, 0.1) is 0 Å². The molecule has 0 saturated carbocycles. The van der Waals surface area contributed by atoms with Crippen LogP contribution in [0.5, 0.6) is 0 Å². The van der Waals surface area contributed by atoms with Crippen LogP contribution in [0.1, 0.15) is 11.1 Å². The third-order valence-electron chi connectivity index (χ3n) is 3.51. The van der Waals surface area contributed by atoms with Crippen molar-refractivity contribution in [3.05, 3.63) is 115 Å². The highest BCUT2D eigenvalue weighted by Crippen LogP contribution is 2.16. The monoisotopic (exact) mass is 297 g/mol. The van der Waals surface area contributed by atoms with Crippen LogP contribution in [-0.4, -0.2) is 0 Å². The van der Waals surface area contributed by atoms with E-state index in [4.69, 9.17) is 0 Å². The smallest absolute Gasteiger partial charge is 0.0449 e. The molecule has 0 amide bonds. The first-order valence-corrected chi connectivity index (χ1v) is 7.72. The Morgan fingerprint density at radius 1 is 0.478 bits per heavy atom. The van der Waals surface area contributed by atoms with Gasteiger partial charge in [-0.05, 0) is 35.4 Å². The maximum atomic E-state index is 2.12. The molecule has 3 aromatic carbocycles. The van der Waals surface area contributed by atoms with Crippen LogP contribution in [0.3, 0.4) is 0 Å². The maximum Gasteiger partial charge on any atom is 0.0449 e. The van der Waals surface area contributed by atoms with E-state index < -0.39 is 0 Å². The SMILES string of the molecule is C(=C\N(/C=C/c1ccccc1)c1ccccc1)/c1ccccc1. The van der Waals surface area contributed by atoms with Crippen LogP contribution in [0.15, 0.2) is 103 Å². The topological polar surface area (TPSA) is 3.24 Å². The van der Waals surface area contributed by atoms with Crippen molar-refractivity contribution >= 4 is 17.8 Å². The summed E-state index contributed by atoms with van der Waals surface area (Å²) in [6, 6.07) is 31.0. The van der Waals surface area contributed by atoms with Gasteiger partial charge < -0.3 is 4.90 Å². The minimum absolute atomic E-state index is 1.13. The average molecular weight is 297 g/mol. The number of benzene rings is 3. The number of anilines is 1. The molecule has 3 rings (SSSR count). The van der Waals surface area contributed by atoms with E-state index in [9.17, 15) is 0 Å². The molecule has 0 aromatic heterocycles. The zero-order valence-electron chi connectivity index (χ0n) is 12.9. The van der Waals surface area contributed by atoms with Crippen molar-refractivity contribution < 1.29 is 0 Å². The lowest BCUT2D eigenvalue weighted by Gasteiger charge is -2.15. The fourth-order valence-corrected chi connectivity index (χ4v) is 2.28. The second-order valence-corrected chi connectivity index (χ2v) is 5.20. The lowest BCUT2D eigenvalue weighted by Crippen LogP contribution is -2.06. The fraction of sp³-hybridized carbons (Fsp3) is 0. The molecular formula is C22H19N. The van der Waals surface area contributed by atoms with Crippen LogP contribution in [0.2, 0.25) is 0 Å². The zero-order chi connectivity index (χ0) is 15.7. The summed E-state index contributed by atoms with van der Waals surface area (Å²) in [5.74, 6) is 0. The lowest BCUT2D eigenvalue weighted by atomic mass is 10.2. The van der Waals surface area contributed by atoms with E-state index in [1.54, 1.807) is 0 Å². The third-order valence-corrected chi connectivity index (χ3v) is 3.51. The molecule has 0 bridgehead atoms. The first kappa shape index (κ1) is 14.9. The summed E-state index contributed by atoms with van der Waals surface area (Å²) in [6.45, 7) is 0. The van der Waals surface area contributed by atoms with Crippen molar-refractivity contribution in [2.75, 3.05) is 4.90 Å². The quantitative estimate of drug-likeness (QED) is 0.572. The van der Waals surface area contributed by atoms with Crippen molar-refractivity contribution in [1.82, 2.24) is 0 Å². The standard InChI is InChI=1S/C22H19N/c1-4-10-20(11-5-1)16-18-23(22-14-8-3-9-15-22)19-17-21-12-6-2-7-13-21/h1-19H/b18-16+,19-17+. The normalized spacial score (nSPS) is 11.1. The molecule has 0 heterocycles. The highest BCUT2D eigenvalue weighted by atomic mass is 15.1. The van der Waals surface area contributed by atoms with Gasteiger partial charge in [-0.15, -0.1) is 0 Å². The van der Waals surface area contributed by atoms with Gasteiger partial charge in [0, 0.05) is 18.1 Å². The van der Waals surface area contributed by atoms with Gasteiger partial charge in [-0.3, -0.25) is 0 Å². The minimum atomic E-state index is 1.13. The van der Waals surface area contributed by atoms with Crippen LogP contribution < -0.4 is 4.90 Å². The van der Waals surface area contributed by atoms with Gasteiger partial charge in [-0.25, -0.2) is 0 Å². The fourth-order valence-electron chi connectivity index (χ4n) is 2.28.